The highest BCUT2D eigenvalue weighted by Gasteiger charge is 2.21. The minimum atomic E-state index is 0.0766. The monoisotopic (exact) mass is 292 g/mol. The molecule has 2 aromatic rings. The molecule has 1 aromatic heterocycles. The molecule has 0 bridgehead atoms. The average molecular weight is 293 g/mol. The number of halogens is 1. The second kappa shape index (κ2) is 5.42. The molecule has 0 amide bonds. The molecule has 106 valence electrons. The third kappa shape index (κ3) is 2.39. The molecule has 20 heavy (non-hydrogen) atoms. The molecule has 5 nitrogen and oxygen atoms in total. The van der Waals surface area contributed by atoms with Crippen molar-refractivity contribution >= 4 is 11.6 Å². The molecule has 6 heteroatoms. The van der Waals surface area contributed by atoms with Crippen molar-refractivity contribution in [2.45, 2.75) is 38.9 Å². The molecule has 2 heterocycles. The van der Waals surface area contributed by atoms with Crippen LogP contribution in [-0.2, 0) is 19.5 Å². The van der Waals surface area contributed by atoms with E-state index in [9.17, 15) is 5.11 Å². The Morgan fingerprint density at radius 3 is 3.15 bits per heavy atom. The van der Waals surface area contributed by atoms with Crippen molar-refractivity contribution in [1.29, 1.82) is 0 Å². The molecule has 0 aliphatic carbocycles. The van der Waals surface area contributed by atoms with Crippen molar-refractivity contribution in [3.05, 3.63) is 40.4 Å². The lowest BCUT2D eigenvalue weighted by Crippen LogP contribution is -2.21. The summed E-state index contributed by atoms with van der Waals surface area (Å²) in [5, 5.41) is 22.1. The highest BCUT2D eigenvalue weighted by atomic mass is 35.5. The first-order chi connectivity index (χ1) is 9.66. The van der Waals surface area contributed by atoms with Gasteiger partial charge in [0.1, 0.15) is 17.4 Å². The molecule has 0 spiro atoms. The zero-order chi connectivity index (χ0) is 14.1. The number of fused-ring (bicyclic) bond motifs is 1. The summed E-state index contributed by atoms with van der Waals surface area (Å²) in [5.74, 6) is 2.17. The summed E-state index contributed by atoms with van der Waals surface area (Å²) in [5.41, 5.74) is 0.783. The van der Waals surface area contributed by atoms with E-state index in [-0.39, 0.29) is 11.8 Å². The smallest absolute Gasteiger partial charge is 0.149 e. The number of nitrogens with zero attached hydrogens (tertiary/aromatic N) is 3. The molecule has 1 aromatic carbocycles. The maximum absolute atomic E-state index is 9.89. The zero-order valence-corrected chi connectivity index (χ0v) is 12.1. The summed E-state index contributed by atoms with van der Waals surface area (Å²) in [4.78, 5) is 0. The number of benzene rings is 1. The summed E-state index contributed by atoms with van der Waals surface area (Å²) in [7, 11) is 0. The number of para-hydroxylation sites is 1. The van der Waals surface area contributed by atoms with Crippen LogP contribution in [0.15, 0.2) is 18.2 Å². The van der Waals surface area contributed by atoms with E-state index < -0.39 is 0 Å². The molecule has 1 unspecified atom stereocenters. The fourth-order valence-corrected chi connectivity index (χ4v) is 2.74. The van der Waals surface area contributed by atoms with E-state index in [1.165, 1.54) is 0 Å². The van der Waals surface area contributed by atoms with Gasteiger partial charge >= 0.3 is 0 Å². The number of aromatic nitrogens is 3. The Labute approximate surface area is 122 Å². The van der Waals surface area contributed by atoms with Crippen LogP contribution in [0.2, 0.25) is 5.02 Å². The molecule has 0 fully saturated rings. The van der Waals surface area contributed by atoms with E-state index in [0.29, 0.717) is 11.6 Å². The first-order valence-corrected chi connectivity index (χ1v) is 7.16. The molecule has 1 atom stereocenters. The van der Waals surface area contributed by atoms with Gasteiger partial charge < -0.3 is 15.0 Å². The van der Waals surface area contributed by atoms with Crippen LogP contribution in [0.25, 0.3) is 0 Å². The molecule has 3 rings (SSSR count). The number of hydrogen-bond donors (Lipinski definition) is 2. The van der Waals surface area contributed by atoms with Crippen molar-refractivity contribution in [3.8, 4) is 5.75 Å². The SMILES string of the molecule is CC(NCc1cccc(Cl)c1O)c1nnc2n1CCC2. The van der Waals surface area contributed by atoms with Crippen LogP contribution in [-0.4, -0.2) is 19.9 Å². The van der Waals surface area contributed by atoms with Gasteiger partial charge in [0.15, 0.2) is 0 Å². The summed E-state index contributed by atoms with van der Waals surface area (Å²) in [6, 6.07) is 5.44. The van der Waals surface area contributed by atoms with Crippen molar-refractivity contribution in [3.63, 3.8) is 0 Å². The van der Waals surface area contributed by atoms with Crippen molar-refractivity contribution in [1.82, 2.24) is 20.1 Å². The van der Waals surface area contributed by atoms with Gasteiger partial charge in [0, 0.05) is 25.1 Å². The number of phenolic OH excluding ortho intramolecular Hbond substituents is 1. The summed E-state index contributed by atoms with van der Waals surface area (Å²) < 4.78 is 2.18. The quantitative estimate of drug-likeness (QED) is 0.908. The highest BCUT2D eigenvalue weighted by molar-refractivity contribution is 6.32. The molecule has 1 aliphatic rings. The summed E-state index contributed by atoms with van der Waals surface area (Å²) in [6.07, 6.45) is 2.15. The van der Waals surface area contributed by atoms with E-state index >= 15 is 0 Å². The predicted molar refractivity (Wildman–Crippen MR) is 76.7 cm³/mol. The Morgan fingerprint density at radius 1 is 1.45 bits per heavy atom. The van der Waals surface area contributed by atoms with Crippen LogP contribution >= 0.6 is 11.6 Å². The van der Waals surface area contributed by atoms with E-state index in [0.717, 1.165) is 36.6 Å². The van der Waals surface area contributed by atoms with Crippen molar-refractivity contribution in [2.75, 3.05) is 0 Å². The molecule has 0 radical (unpaired) electrons. The van der Waals surface area contributed by atoms with Gasteiger partial charge in [-0.25, -0.2) is 0 Å². The Balaban J connectivity index is 1.70. The predicted octanol–water partition coefficient (Wildman–Crippen LogP) is 2.43. The van der Waals surface area contributed by atoms with Crippen LogP contribution in [0.5, 0.6) is 5.75 Å². The average Bonchev–Trinajstić information content (AvgIpc) is 3.02. The lowest BCUT2D eigenvalue weighted by atomic mass is 10.2. The third-order valence-corrected chi connectivity index (χ3v) is 4.00. The second-order valence-corrected chi connectivity index (χ2v) is 5.49. The van der Waals surface area contributed by atoms with Gasteiger partial charge in [0.25, 0.3) is 0 Å². The normalized spacial score (nSPS) is 15.3. The first-order valence-electron chi connectivity index (χ1n) is 6.78. The van der Waals surface area contributed by atoms with E-state index in [1.807, 2.05) is 12.1 Å². The van der Waals surface area contributed by atoms with Crippen LogP contribution in [0.4, 0.5) is 0 Å². The number of nitrogens with one attached hydrogen (secondary N) is 1. The van der Waals surface area contributed by atoms with Crippen LogP contribution in [0, 0.1) is 0 Å². The minimum Gasteiger partial charge on any atom is -0.506 e. The van der Waals surface area contributed by atoms with Gasteiger partial charge in [-0.15, -0.1) is 10.2 Å². The van der Waals surface area contributed by atoms with Crippen LogP contribution < -0.4 is 5.32 Å². The van der Waals surface area contributed by atoms with Crippen LogP contribution in [0.3, 0.4) is 0 Å². The molecule has 0 saturated carbocycles. The van der Waals surface area contributed by atoms with Crippen molar-refractivity contribution in [2.24, 2.45) is 0 Å². The Bertz CT molecular complexity index is 626. The molecule has 0 saturated heterocycles. The van der Waals surface area contributed by atoms with Gasteiger partial charge in [-0.3, -0.25) is 0 Å². The standard InChI is InChI=1S/C14H17ClN4O/c1-9(14-18-17-12-6-3-7-19(12)14)16-8-10-4-2-5-11(15)13(10)20/h2,4-5,9,16,20H,3,6-8H2,1H3. The number of hydrogen-bond acceptors (Lipinski definition) is 4. The number of phenols is 1. The van der Waals surface area contributed by atoms with E-state index in [4.69, 9.17) is 11.6 Å². The largest absolute Gasteiger partial charge is 0.506 e. The fourth-order valence-electron chi connectivity index (χ4n) is 2.55. The van der Waals surface area contributed by atoms with Crippen molar-refractivity contribution < 1.29 is 5.11 Å². The molecule has 2 N–H and O–H groups in total. The second-order valence-electron chi connectivity index (χ2n) is 5.08. The van der Waals surface area contributed by atoms with Gasteiger partial charge in [-0.1, -0.05) is 23.7 Å². The summed E-state index contributed by atoms with van der Waals surface area (Å²) in [6.45, 7) is 3.58. The zero-order valence-electron chi connectivity index (χ0n) is 11.3. The maximum Gasteiger partial charge on any atom is 0.149 e. The fraction of sp³-hybridized carbons (Fsp3) is 0.429. The van der Waals surface area contributed by atoms with Gasteiger partial charge in [0.05, 0.1) is 11.1 Å². The lowest BCUT2D eigenvalue weighted by molar-refractivity contribution is 0.456. The lowest BCUT2D eigenvalue weighted by Gasteiger charge is -2.14. The van der Waals surface area contributed by atoms with Crippen LogP contribution in [0.1, 0.15) is 36.6 Å². The van der Waals surface area contributed by atoms with Gasteiger partial charge in [-0.05, 0) is 19.4 Å². The number of aromatic hydroxyl groups is 1. The Morgan fingerprint density at radius 2 is 2.30 bits per heavy atom. The molecular formula is C14H17ClN4O. The number of aryl methyl sites for hydroxylation is 1. The minimum absolute atomic E-state index is 0.0766. The summed E-state index contributed by atoms with van der Waals surface area (Å²) >= 11 is 5.90. The Hall–Kier alpha value is -1.59. The highest BCUT2D eigenvalue weighted by Crippen LogP contribution is 2.27. The van der Waals surface area contributed by atoms with Gasteiger partial charge in [-0.2, -0.15) is 0 Å². The first kappa shape index (κ1) is 13.4. The van der Waals surface area contributed by atoms with E-state index in [2.05, 4.69) is 27.0 Å². The maximum atomic E-state index is 9.89. The Kier molecular flexibility index (Phi) is 3.63. The molecule has 1 aliphatic heterocycles. The third-order valence-electron chi connectivity index (χ3n) is 3.69. The number of rotatable bonds is 4. The molecular weight excluding hydrogens is 276 g/mol. The topological polar surface area (TPSA) is 63.0 Å². The van der Waals surface area contributed by atoms with Gasteiger partial charge in [0.2, 0.25) is 0 Å². The van der Waals surface area contributed by atoms with E-state index in [1.54, 1.807) is 6.07 Å².